The minimum absolute atomic E-state index is 0.245. The second kappa shape index (κ2) is 8.75. The molecule has 7 nitrogen and oxygen atoms in total. The molecule has 2 aromatic rings. The van der Waals surface area contributed by atoms with Gasteiger partial charge in [0.2, 0.25) is 0 Å². The number of quaternary nitrogens is 1. The standard InChI is InChI=1S/C21H26N4O3/c1-15-6-5-7-17(16(15)2)22-21(28)23-20(27)14-24-10-12-25(13-11-24)18-8-3-4-9-19(18)26/h3-9,26H,10-14H2,1-2H3,(H2,22,23,27,28)/p+1. The van der Waals surface area contributed by atoms with Crippen molar-refractivity contribution in [2.45, 2.75) is 13.8 Å². The first-order valence-electron chi connectivity index (χ1n) is 9.47. The minimum Gasteiger partial charge on any atom is -0.506 e. The summed E-state index contributed by atoms with van der Waals surface area (Å²) in [6.07, 6.45) is 0. The predicted octanol–water partition coefficient (Wildman–Crippen LogP) is 1.06. The quantitative estimate of drug-likeness (QED) is 0.636. The average Bonchev–Trinajstić information content (AvgIpc) is 2.66. The van der Waals surface area contributed by atoms with Crippen molar-refractivity contribution in [3.05, 3.63) is 53.6 Å². The van der Waals surface area contributed by atoms with E-state index >= 15 is 0 Å². The SMILES string of the molecule is Cc1cccc(NC(=O)NC(=O)C[NH+]2CCN(c3ccccc3O)CC2)c1C. The zero-order chi connectivity index (χ0) is 20.1. The molecule has 148 valence electrons. The number of phenolic OH excluding ortho intramolecular Hbond substituents is 1. The van der Waals surface area contributed by atoms with Crippen LogP contribution < -0.4 is 20.4 Å². The number of hydrogen-bond acceptors (Lipinski definition) is 4. The van der Waals surface area contributed by atoms with E-state index in [4.69, 9.17) is 0 Å². The van der Waals surface area contributed by atoms with Crippen molar-refractivity contribution >= 4 is 23.3 Å². The third-order valence-corrected chi connectivity index (χ3v) is 5.21. The van der Waals surface area contributed by atoms with E-state index in [1.807, 2.05) is 44.2 Å². The average molecular weight is 383 g/mol. The molecule has 1 aliphatic heterocycles. The van der Waals surface area contributed by atoms with Gasteiger partial charge in [0.25, 0.3) is 5.91 Å². The van der Waals surface area contributed by atoms with Gasteiger partial charge in [-0.05, 0) is 43.2 Å². The van der Waals surface area contributed by atoms with Crippen LogP contribution in [0.2, 0.25) is 0 Å². The highest BCUT2D eigenvalue weighted by atomic mass is 16.3. The molecule has 0 aliphatic carbocycles. The number of anilines is 2. The van der Waals surface area contributed by atoms with Gasteiger partial charge in [0, 0.05) is 5.69 Å². The van der Waals surface area contributed by atoms with Crippen LogP contribution in [-0.2, 0) is 4.79 Å². The molecule has 1 heterocycles. The van der Waals surface area contributed by atoms with E-state index in [-0.39, 0.29) is 18.2 Å². The molecule has 0 bridgehead atoms. The lowest BCUT2D eigenvalue weighted by Crippen LogP contribution is -3.16. The zero-order valence-electron chi connectivity index (χ0n) is 16.3. The number of phenols is 1. The summed E-state index contributed by atoms with van der Waals surface area (Å²) >= 11 is 0. The van der Waals surface area contributed by atoms with Crippen LogP contribution in [0, 0.1) is 13.8 Å². The first kappa shape index (κ1) is 19.7. The van der Waals surface area contributed by atoms with Gasteiger partial charge < -0.3 is 20.2 Å². The molecule has 0 unspecified atom stereocenters. The number of nitrogens with zero attached hydrogens (tertiary/aromatic N) is 1. The van der Waals surface area contributed by atoms with Gasteiger partial charge in [0.1, 0.15) is 5.75 Å². The molecule has 1 aliphatic rings. The topological polar surface area (TPSA) is 86.1 Å². The van der Waals surface area contributed by atoms with E-state index in [1.54, 1.807) is 12.1 Å². The number of aryl methyl sites for hydroxylation is 1. The Labute approximate surface area is 165 Å². The lowest BCUT2D eigenvalue weighted by atomic mass is 10.1. The molecule has 3 rings (SSSR count). The Bertz CT molecular complexity index is 860. The molecule has 2 aromatic carbocycles. The Balaban J connectivity index is 1.46. The van der Waals surface area contributed by atoms with Crippen molar-refractivity contribution in [1.29, 1.82) is 0 Å². The molecule has 0 spiro atoms. The second-order valence-electron chi connectivity index (χ2n) is 7.15. The number of para-hydroxylation sites is 2. The van der Waals surface area contributed by atoms with E-state index in [9.17, 15) is 14.7 Å². The van der Waals surface area contributed by atoms with Crippen LogP contribution in [0.25, 0.3) is 0 Å². The molecule has 0 radical (unpaired) electrons. The van der Waals surface area contributed by atoms with Crippen LogP contribution in [0.3, 0.4) is 0 Å². The minimum atomic E-state index is -0.508. The normalized spacial score (nSPS) is 14.6. The fourth-order valence-electron chi connectivity index (χ4n) is 3.41. The van der Waals surface area contributed by atoms with E-state index < -0.39 is 6.03 Å². The number of nitrogens with one attached hydrogen (secondary N) is 3. The van der Waals surface area contributed by atoms with Gasteiger partial charge in [0.05, 0.1) is 31.9 Å². The fourth-order valence-corrected chi connectivity index (χ4v) is 3.41. The molecule has 4 N–H and O–H groups in total. The van der Waals surface area contributed by atoms with E-state index in [0.29, 0.717) is 5.69 Å². The first-order valence-corrected chi connectivity index (χ1v) is 9.47. The molecule has 0 atom stereocenters. The number of rotatable bonds is 4. The molecule has 0 aromatic heterocycles. The predicted molar refractivity (Wildman–Crippen MR) is 109 cm³/mol. The van der Waals surface area contributed by atoms with Crippen LogP contribution in [0.1, 0.15) is 11.1 Å². The number of urea groups is 1. The van der Waals surface area contributed by atoms with Gasteiger partial charge in [-0.1, -0.05) is 24.3 Å². The van der Waals surface area contributed by atoms with Gasteiger partial charge in [-0.15, -0.1) is 0 Å². The first-order chi connectivity index (χ1) is 13.4. The highest BCUT2D eigenvalue weighted by molar-refractivity contribution is 6.01. The van der Waals surface area contributed by atoms with Crippen LogP contribution in [-0.4, -0.2) is 49.8 Å². The number of carbonyl (C=O) groups excluding carboxylic acids is 2. The molecule has 7 heteroatoms. The van der Waals surface area contributed by atoms with Crippen LogP contribution >= 0.6 is 0 Å². The van der Waals surface area contributed by atoms with Crippen LogP contribution in [0.15, 0.2) is 42.5 Å². The summed E-state index contributed by atoms with van der Waals surface area (Å²) in [5.41, 5.74) is 3.58. The number of amides is 3. The van der Waals surface area contributed by atoms with Crippen LogP contribution in [0.4, 0.5) is 16.2 Å². The van der Waals surface area contributed by atoms with Crippen molar-refractivity contribution in [1.82, 2.24) is 5.32 Å². The summed E-state index contributed by atoms with van der Waals surface area (Å²) in [5, 5.41) is 15.1. The fraction of sp³-hybridized carbons (Fsp3) is 0.333. The molecular formula is C21H27N4O3+. The van der Waals surface area contributed by atoms with Gasteiger partial charge in [0.15, 0.2) is 6.54 Å². The monoisotopic (exact) mass is 383 g/mol. The second-order valence-corrected chi connectivity index (χ2v) is 7.15. The number of piperazine rings is 1. The summed E-state index contributed by atoms with van der Waals surface area (Å²) in [5.74, 6) is -0.0272. The highest BCUT2D eigenvalue weighted by Crippen LogP contribution is 2.25. The Morgan fingerprint density at radius 2 is 1.79 bits per heavy atom. The van der Waals surface area contributed by atoms with Gasteiger partial charge >= 0.3 is 6.03 Å². The Kier molecular flexibility index (Phi) is 6.16. The molecule has 1 fully saturated rings. The maximum atomic E-state index is 12.2. The molecule has 1 saturated heterocycles. The Morgan fingerprint density at radius 1 is 1.07 bits per heavy atom. The summed E-state index contributed by atoms with van der Waals surface area (Å²) in [4.78, 5) is 27.6. The maximum Gasteiger partial charge on any atom is 0.326 e. The Morgan fingerprint density at radius 3 is 2.50 bits per heavy atom. The van der Waals surface area contributed by atoms with E-state index in [0.717, 1.165) is 47.9 Å². The van der Waals surface area contributed by atoms with Gasteiger partial charge in [-0.25, -0.2) is 4.79 Å². The third-order valence-electron chi connectivity index (χ3n) is 5.21. The number of aromatic hydroxyl groups is 1. The van der Waals surface area contributed by atoms with Crippen molar-refractivity contribution < 1.29 is 19.6 Å². The van der Waals surface area contributed by atoms with Crippen molar-refractivity contribution in [3.8, 4) is 5.75 Å². The van der Waals surface area contributed by atoms with E-state index in [2.05, 4.69) is 15.5 Å². The van der Waals surface area contributed by atoms with Gasteiger partial charge in [-0.2, -0.15) is 0 Å². The highest BCUT2D eigenvalue weighted by Gasteiger charge is 2.24. The molecule has 3 amide bonds. The van der Waals surface area contributed by atoms with Crippen molar-refractivity contribution in [2.24, 2.45) is 0 Å². The molecular weight excluding hydrogens is 356 g/mol. The summed E-state index contributed by atoms with van der Waals surface area (Å²) in [6.45, 7) is 7.17. The lowest BCUT2D eigenvalue weighted by Gasteiger charge is -2.33. The molecule has 0 saturated carbocycles. The number of hydrogen-bond donors (Lipinski definition) is 4. The van der Waals surface area contributed by atoms with Crippen molar-refractivity contribution in [2.75, 3.05) is 42.9 Å². The van der Waals surface area contributed by atoms with E-state index in [1.165, 1.54) is 0 Å². The van der Waals surface area contributed by atoms with Gasteiger partial charge in [-0.3, -0.25) is 10.1 Å². The number of carbonyl (C=O) groups is 2. The van der Waals surface area contributed by atoms with Crippen molar-refractivity contribution in [3.63, 3.8) is 0 Å². The summed E-state index contributed by atoms with van der Waals surface area (Å²) in [7, 11) is 0. The Hall–Kier alpha value is -3.06. The maximum absolute atomic E-state index is 12.2. The molecule has 28 heavy (non-hydrogen) atoms. The largest absolute Gasteiger partial charge is 0.506 e. The summed E-state index contributed by atoms with van der Waals surface area (Å²) < 4.78 is 0. The third kappa shape index (κ3) is 4.80. The smallest absolute Gasteiger partial charge is 0.326 e. The lowest BCUT2D eigenvalue weighted by molar-refractivity contribution is -0.892. The number of imide groups is 1. The number of benzene rings is 2. The summed E-state index contributed by atoms with van der Waals surface area (Å²) in [6, 6.07) is 12.4. The van der Waals surface area contributed by atoms with Crippen LogP contribution in [0.5, 0.6) is 5.75 Å². The zero-order valence-corrected chi connectivity index (χ0v) is 16.3.